The molecule has 0 atom stereocenters. The van der Waals surface area contributed by atoms with E-state index in [2.05, 4.69) is 24.8 Å². The van der Waals surface area contributed by atoms with Crippen LogP contribution in [0.2, 0.25) is 0 Å². The Labute approximate surface area is 239 Å². The van der Waals surface area contributed by atoms with Crippen molar-refractivity contribution >= 4 is 28.7 Å². The number of H-pyrrole nitrogens is 1. The molecular weight excluding hydrogens is 523 g/mol. The van der Waals surface area contributed by atoms with Gasteiger partial charge in [0.2, 0.25) is 11.5 Å². The molecule has 1 saturated heterocycles. The highest BCUT2D eigenvalue weighted by Gasteiger charge is 2.32. The highest BCUT2D eigenvalue weighted by atomic mass is 19.1. The smallest absolute Gasteiger partial charge is 0.280 e. The molecule has 1 saturated carbocycles. The van der Waals surface area contributed by atoms with Crippen molar-refractivity contribution < 1.29 is 19.1 Å². The first-order valence-corrected chi connectivity index (χ1v) is 14.7. The largest absolute Gasteiger partial charge is 0.390 e. The van der Waals surface area contributed by atoms with Crippen molar-refractivity contribution in [3.05, 3.63) is 53.5 Å². The molecular formula is C31H41FN6O3. The number of nitrogens with one attached hydrogen (secondary N) is 2. The number of aromatic amines is 1. The number of fused-ring (bicyclic) bond motifs is 1. The van der Waals surface area contributed by atoms with Crippen LogP contribution in [0.15, 0.2) is 41.5 Å². The highest BCUT2D eigenvalue weighted by Crippen LogP contribution is 2.35. The third-order valence-corrected chi connectivity index (χ3v) is 8.56. The van der Waals surface area contributed by atoms with Crippen LogP contribution in [0.25, 0.3) is 11.0 Å². The van der Waals surface area contributed by atoms with E-state index in [-0.39, 0.29) is 35.4 Å². The van der Waals surface area contributed by atoms with Crippen LogP contribution in [0.3, 0.4) is 0 Å². The number of carbonyl (C=O) groups excluding carboxylic acids is 2. The van der Waals surface area contributed by atoms with Crippen LogP contribution in [-0.4, -0.2) is 56.2 Å². The van der Waals surface area contributed by atoms with Crippen molar-refractivity contribution in [2.75, 3.05) is 18.0 Å². The van der Waals surface area contributed by atoms with E-state index in [0.717, 1.165) is 68.5 Å². The number of rotatable bonds is 6. The number of aliphatic hydroxyl groups is 1. The van der Waals surface area contributed by atoms with Gasteiger partial charge >= 0.3 is 0 Å². The van der Waals surface area contributed by atoms with Gasteiger partial charge in [0.1, 0.15) is 11.6 Å². The van der Waals surface area contributed by atoms with Crippen LogP contribution >= 0.6 is 0 Å². The lowest BCUT2D eigenvalue weighted by Crippen LogP contribution is -2.42. The molecule has 1 aliphatic carbocycles. The zero-order valence-electron chi connectivity index (χ0n) is 24.4. The summed E-state index contributed by atoms with van der Waals surface area (Å²) < 4.78 is 15.9. The van der Waals surface area contributed by atoms with E-state index in [1.807, 2.05) is 33.8 Å². The second-order valence-electron chi connectivity index (χ2n) is 12.4. The minimum atomic E-state index is -0.706. The zero-order valence-corrected chi connectivity index (χ0v) is 24.4. The van der Waals surface area contributed by atoms with Crippen LogP contribution in [0.5, 0.6) is 0 Å². The number of halogens is 1. The maximum Gasteiger partial charge on any atom is 0.280 e. The van der Waals surface area contributed by atoms with E-state index in [0.29, 0.717) is 5.62 Å². The molecule has 5 rings (SSSR count). The van der Waals surface area contributed by atoms with E-state index in [1.165, 1.54) is 18.2 Å². The standard InChI is InChI=1S/C31H41FN6O3/c1-19(2)34-28(39)20-8-10-24(11-9-20)38-26-17-27(37-14-12-22(13-15-37)31(3,4)41)33-18-25(26)35-30(38)36-29(40)21-6-5-7-23(32)16-21/h5-7,16-20,22,24,41H,8-15H2,1-4H3,(H,34,39)(H,35,36,40)/t20-,24+. The number of hydrogen-bond donors (Lipinski definition) is 3. The monoisotopic (exact) mass is 564 g/mol. The number of piperidine rings is 1. The molecule has 2 aliphatic rings. The van der Waals surface area contributed by atoms with Crippen molar-refractivity contribution in [3.8, 4) is 0 Å². The summed E-state index contributed by atoms with van der Waals surface area (Å²) in [5, 5.41) is 13.5. The lowest BCUT2D eigenvalue weighted by Gasteiger charge is -2.38. The molecule has 1 aromatic carbocycles. The number of pyridine rings is 1. The molecule has 3 N–H and O–H groups in total. The van der Waals surface area contributed by atoms with Crippen molar-refractivity contribution in [2.45, 2.75) is 83.9 Å². The van der Waals surface area contributed by atoms with Gasteiger partial charge in [-0.15, -0.1) is 0 Å². The molecule has 0 bridgehead atoms. The molecule has 0 spiro atoms. The topological polar surface area (TPSA) is 116 Å². The van der Waals surface area contributed by atoms with Crippen molar-refractivity contribution in [3.63, 3.8) is 0 Å². The molecule has 41 heavy (non-hydrogen) atoms. The molecule has 0 radical (unpaired) electrons. The Balaban J connectivity index is 1.48. The van der Waals surface area contributed by atoms with Gasteiger partial charge in [0.05, 0.1) is 22.8 Å². The zero-order chi connectivity index (χ0) is 29.3. The third kappa shape index (κ3) is 6.53. The highest BCUT2D eigenvalue weighted by molar-refractivity contribution is 5.95. The molecule has 2 fully saturated rings. The normalized spacial score (nSPS) is 21.0. The van der Waals surface area contributed by atoms with E-state index >= 15 is 0 Å². The quantitative estimate of drug-likeness (QED) is 0.408. The van der Waals surface area contributed by atoms with Crippen LogP contribution in [-0.2, 0) is 4.79 Å². The lowest BCUT2D eigenvalue weighted by molar-refractivity contribution is -0.126. The van der Waals surface area contributed by atoms with Gasteiger partial charge in [0, 0.05) is 42.7 Å². The predicted molar refractivity (Wildman–Crippen MR) is 156 cm³/mol. The van der Waals surface area contributed by atoms with Gasteiger partial charge in [-0.05, 0) is 90.3 Å². The first-order chi connectivity index (χ1) is 19.5. The maximum atomic E-state index is 13.8. The van der Waals surface area contributed by atoms with Crippen LogP contribution in [0.1, 0.15) is 82.6 Å². The Hall–Kier alpha value is -3.53. The van der Waals surface area contributed by atoms with E-state index in [9.17, 15) is 19.1 Å². The fourth-order valence-electron chi connectivity index (χ4n) is 6.24. The molecule has 2 amide bonds. The molecule has 1 aliphatic heterocycles. The first-order valence-electron chi connectivity index (χ1n) is 14.7. The van der Waals surface area contributed by atoms with Crippen molar-refractivity contribution in [1.29, 1.82) is 0 Å². The summed E-state index contributed by atoms with van der Waals surface area (Å²) in [7, 11) is 0. The lowest BCUT2D eigenvalue weighted by atomic mass is 9.83. The average Bonchev–Trinajstić information content (AvgIpc) is 3.29. The number of imidazole rings is 1. The second-order valence-corrected chi connectivity index (χ2v) is 12.4. The molecule has 220 valence electrons. The molecule has 3 heterocycles. The summed E-state index contributed by atoms with van der Waals surface area (Å²) in [4.78, 5) is 40.4. The summed E-state index contributed by atoms with van der Waals surface area (Å²) in [6.07, 6.45) is 6.53. The first kappa shape index (κ1) is 29.0. The predicted octanol–water partition coefficient (Wildman–Crippen LogP) is 4.49. The van der Waals surface area contributed by atoms with E-state index in [4.69, 9.17) is 4.98 Å². The second kappa shape index (κ2) is 11.8. The third-order valence-electron chi connectivity index (χ3n) is 8.56. The number of anilines is 1. The van der Waals surface area contributed by atoms with E-state index < -0.39 is 17.3 Å². The molecule has 0 unspecified atom stereocenters. The molecule has 2 aromatic heterocycles. The van der Waals surface area contributed by atoms with Gasteiger partial charge in [-0.25, -0.2) is 9.37 Å². The number of amides is 2. The molecule has 9 nitrogen and oxygen atoms in total. The SMILES string of the molecule is CC(C)NC(=O)[C@H]1CC[C@@H](n2/c(=N/C(=O)c3cccc(F)c3)[nH]c3cnc(N4CCC(C(C)(C)O)CC4)cc32)CC1. The Morgan fingerprint density at radius 2 is 1.83 bits per heavy atom. The van der Waals surface area contributed by atoms with Crippen molar-refractivity contribution in [1.82, 2.24) is 19.9 Å². The summed E-state index contributed by atoms with van der Waals surface area (Å²) >= 11 is 0. The minimum absolute atomic E-state index is 0.0297. The van der Waals surface area contributed by atoms with Gasteiger partial charge in [0.15, 0.2) is 0 Å². The Morgan fingerprint density at radius 3 is 2.46 bits per heavy atom. The maximum absolute atomic E-state index is 13.8. The van der Waals surface area contributed by atoms with Crippen LogP contribution < -0.4 is 15.8 Å². The van der Waals surface area contributed by atoms with Gasteiger partial charge in [-0.2, -0.15) is 4.99 Å². The van der Waals surface area contributed by atoms with Gasteiger partial charge < -0.3 is 24.9 Å². The number of aromatic nitrogens is 3. The van der Waals surface area contributed by atoms with E-state index in [1.54, 1.807) is 12.3 Å². The Morgan fingerprint density at radius 1 is 1.12 bits per heavy atom. The van der Waals surface area contributed by atoms with Crippen molar-refractivity contribution in [2.24, 2.45) is 16.8 Å². The summed E-state index contributed by atoms with van der Waals surface area (Å²) in [5.41, 5.74) is 1.51. The fourth-order valence-corrected chi connectivity index (χ4v) is 6.24. The number of hydrogen-bond acceptors (Lipinski definition) is 5. The molecule has 10 heteroatoms. The van der Waals surface area contributed by atoms with Gasteiger partial charge in [-0.3, -0.25) is 9.59 Å². The minimum Gasteiger partial charge on any atom is -0.390 e. The molecule has 3 aromatic rings. The summed E-state index contributed by atoms with van der Waals surface area (Å²) in [6.45, 7) is 9.27. The van der Waals surface area contributed by atoms with Gasteiger partial charge in [-0.1, -0.05) is 6.07 Å². The number of nitrogens with zero attached hydrogens (tertiary/aromatic N) is 4. The number of carbonyl (C=O) groups is 2. The Kier molecular flexibility index (Phi) is 8.31. The average molecular weight is 565 g/mol. The van der Waals surface area contributed by atoms with Gasteiger partial charge in [0.25, 0.3) is 5.91 Å². The summed E-state index contributed by atoms with van der Waals surface area (Å²) in [5.74, 6) is 0.111. The van der Waals surface area contributed by atoms with Crippen LogP contribution in [0, 0.1) is 17.7 Å². The Bertz CT molecular complexity index is 1470. The fraction of sp³-hybridized carbons (Fsp3) is 0.548. The summed E-state index contributed by atoms with van der Waals surface area (Å²) in [6, 6.07) is 7.71. The number of benzene rings is 1. The van der Waals surface area contributed by atoms with Crippen LogP contribution in [0.4, 0.5) is 10.2 Å².